The van der Waals surface area contributed by atoms with Crippen molar-refractivity contribution >= 4 is 0 Å². The number of aryl methyl sites for hydroxylation is 1. The van der Waals surface area contributed by atoms with Crippen molar-refractivity contribution in [1.29, 1.82) is 0 Å². The molecule has 0 atom stereocenters. The molecule has 3 rings (SSSR count). The predicted molar refractivity (Wildman–Crippen MR) is 80.0 cm³/mol. The van der Waals surface area contributed by atoms with E-state index in [1.807, 2.05) is 23.1 Å². The van der Waals surface area contributed by atoms with Gasteiger partial charge in [-0.05, 0) is 37.5 Å². The molecule has 1 saturated carbocycles. The zero-order valence-electron chi connectivity index (χ0n) is 12.4. The van der Waals surface area contributed by atoms with Crippen LogP contribution < -0.4 is 5.32 Å². The van der Waals surface area contributed by atoms with Crippen LogP contribution in [0.2, 0.25) is 0 Å². The summed E-state index contributed by atoms with van der Waals surface area (Å²) in [7, 11) is 0. The second-order valence-corrected chi connectivity index (χ2v) is 5.97. The largest absolute Gasteiger partial charge is 0.310 e. The zero-order chi connectivity index (χ0) is 14.1. The summed E-state index contributed by atoms with van der Waals surface area (Å²) in [6, 6.07) is 4.60. The quantitative estimate of drug-likeness (QED) is 0.908. The molecule has 1 aliphatic carbocycles. The standard InChI is InChI=1S/C16H22N4/c1-11(2)18-9-14-10-19-20(16(14)13-4-5-13)15-8-12(3)6-7-17-15/h6-8,10-11,13,18H,4-5,9H2,1-3H3. The monoisotopic (exact) mass is 270 g/mol. The highest BCUT2D eigenvalue weighted by atomic mass is 15.3. The van der Waals surface area contributed by atoms with Crippen LogP contribution in [0, 0.1) is 6.92 Å². The van der Waals surface area contributed by atoms with E-state index in [-0.39, 0.29) is 0 Å². The van der Waals surface area contributed by atoms with Crippen molar-refractivity contribution in [3.05, 3.63) is 41.3 Å². The van der Waals surface area contributed by atoms with Crippen molar-refractivity contribution in [2.24, 2.45) is 0 Å². The lowest BCUT2D eigenvalue weighted by Gasteiger charge is -2.11. The molecule has 0 unspecified atom stereocenters. The van der Waals surface area contributed by atoms with E-state index in [0.29, 0.717) is 12.0 Å². The van der Waals surface area contributed by atoms with Gasteiger partial charge in [0.2, 0.25) is 0 Å². The Kier molecular flexibility index (Phi) is 3.57. The Hall–Kier alpha value is -1.68. The highest BCUT2D eigenvalue weighted by molar-refractivity contribution is 5.35. The fourth-order valence-corrected chi connectivity index (χ4v) is 2.45. The molecular formula is C16H22N4. The molecule has 0 spiro atoms. The number of aromatic nitrogens is 3. The smallest absolute Gasteiger partial charge is 0.153 e. The maximum atomic E-state index is 4.58. The maximum absolute atomic E-state index is 4.58. The first kappa shape index (κ1) is 13.3. The molecule has 2 aromatic rings. The third kappa shape index (κ3) is 2.75. The molecule has 1 fully saturated rings. The summed E-state index contributed by atoms with van der Waals surface area (Å²) < 4.78 is 2.03. The van der Waals surface area contributed by atoms with Crippen LogP contribution in [0.4, 0.5) is 0 Å². The topological polar surface area (TPSA) is 42.7 Å². The normalized spacial score (nSPS) is 15.0. The highest BCUT2D eigenvalue weighted by Crippen LogP contribution is 2.42. The molecule has 20 heavy (non-hydrogen) atoms. The molecule has 4 heteroatoms. The van der Waals surface area contributed by atoms with Gasteiger partial charge in [-0.1, -0.05) is 13.8 Å². The molecule has 4 nitrogen and oxygen atoms in total. The van der Waals surface area contributed by atoms with Crippen molar-refractivity contribution in [1.82, 2.24) is 20.1 Å². The molecule has 0 aliphatic heterocycles. The molecule has 106 valence electrons. The van der Waals surface area contributed by atoms with Crippen LogP contribution in [0.5, 0.6) is 0 Å². The Bertz CT molecular complexity index is 596. The van der Waals surface area contributed by atoms with Crippen molar-refractivity contribution in [2.75, 3.05) is 0 Å². The molecular weight excluding hydrogens is 248 g/mol. The van der Waals surface area contributed by atoms with Crippen molar-refractivity contribution in [3.8, 4) is 5.82 Å². The fourth-order valence-electron chi connectivity index (χ4n) is 2.45. The van der Waals surface area contributed by atoms with Gasteiger partial charge < -0.3 is 5.32 Å². The summed E-state index contributed by atoms with van der Waals surface area (Å²) in [5.41, 5.74) is 3.87. The summed E-state index contributed by atoms with van der Waals surface area (Å²) in [6.07, 6.45) is 6.39. The molecule has 1 N–H and O–H groups in total. The Balaban J connectivity index is 1.95. The molecule has 2 heterocycles. The third-order valence-electron chi connectivity index (χ3n) is 3.67. The molecule has 0 amide bonds. The summed E-state index contributed by atoms with van der Waals surface area (Å²) in [4.78, 5) is 4.47. The van der Waals surface area contributed by atoms with Crippen molar-refractivity contribution < 1.29 is 0 Å². The van der Waals surface area contributed by atoms with Gasteiger partial charge in [-0.2, -0.15) is 5.10 Å². The van der Waals surface area contributed by atoms with E-state index in [4.69, 9.17) is 0 Å². The molecule has 1 aliphatic rings. The van der Waals surface area contributed by atoms with Gasteiger partial charge in [-0.15, -0.1) is 0 Å². The highest BCUT2D eigenvalue weighted by Gasteiger charge is 2.30. The van der Waals surface area contributed by atoms with Gasteiger partial charge in [0.15, 0.2) is 5.82 Å². The van der Waals surface area contributed by atoms with Crippen molar-refractivity contribution in [3.63, 3.8) is 0 Å². The van der Waals surface area contributed by atoms with Gasteiger partial charge in [0.25, 0.3) is 0 Å². The maximum Gasteiger partial charge on any atom is 0.153 e. The van der Waals surface area contributed by atoms with Gasteiger partial charge >= 0.3 is 0 Å². The first-order valence-electron chi connectivity index (χ1n) is 7.38. The van der Waals surface area contributed by atoms with Crippen LogP contribution in [-0.2, 0) is 6.54 Å². The Labute approximate surface area is 120 Å². The Morgan fingerprint density at radius 1 is 1.40 bits per heavy atom. The molecule has 0 radical (unpaired) electrons. The third-order valence-corrected chi connectivity index (χ3v) is 3.67. The molecule has 2 aromatic heterocycles. The van der Waals surface area contributed by atoms with Crippen molar-refractivity contribution in [2.45, 2.75) is 52.1 Å². The number of nitrogens with one attached hydrogen (secondary N) is 1. The predicted octanol–water partition coefficient (Wildman–Crippen LogP) is 2.95. The second-order valence-electron chi connectivity index (χ2n) is 5.97. The van der Waals surface area contributed by atoms with Crippen LogP contribution in [0.3, 0.4) is 0 Å². The minimum absolute atomic E-state index is 0.488. The Morgan fingerprint density at radius 2 is 2.20 bits per heavy atom. The van der Waals surface area contributed by atoms with Crippen LogP contribution in [0.25, 0.3) is 5.82 Å². The molecule has 0 bridgehead atoms. The van der Waals surface area contributed by atoms with Crippen LogP contribution in [0.15, 0.2) is 24.5 Å². The average Bonchev–Trinajstić information content (AvgIpc) is 3.16. The minimum Gasteiger partial charge on any atom is -0.310 e. The number of hydrogen-bond acceptors (Lipinski definition) is 3. The van der Waals surface area contributed by atoms with Gasteiger partial charge in [0.05, 0.1) is 11.9 Å². The van der Waals surface area contributed by atoms with E-state index in [1.54, 1.807) is 0 Å². The van der Waals surface area contributed by atoms with Gasteiger partial charge in [0, 0.05) is 30.3 Å². The van der Waals surface area contributed by atoms with Gasteiger partial charge in [-0.25, -0.2) is 9.67 Å². The molecule has 0 saturated heterocycles. The average molecular weight is 270 g/mol. The van der Waals surface area contributed by atoms with E-state index in [9.17, 15) is 0 Å². The lowest BCUT2D eigenvalue weighted by Crippen LogP contribution is -2.22. The van der Waals surface area contributed by atoms with E-state index in [0.717, 1.165) is 12.4 Å². The van der Waals surface area contributed by atoms with E-state index in [1.165, 1.54) is 29.7 Å². The number of hydrogen-bond donors (Lipinski definition) is 1. The number of nitrogens with zero attached hydrogens (tertiary/aromatic N) is 3. The van der Waals surface area contributed by atoms with Gasteiger partial charge in [-0.3, -0.25) is 0 Å². The lowest BCUT2D eigenvalue weighted by molar-refractivity contribution is 0.585. The van der Waals surface area contributed by atoms with Gasteiger partial charge in [0.1, 0.15) is 0 Å². The molecule has 0 aromatic carbocycles. The second kappa shape index (κ2) is 5.37. The van der Waals surface area contributed by atoms with Crippen LogP contribution in [-0.4, -0.2) is 20.8 Å². The van der Waals surface area contributed by atoms with Crippen LogP contribution >= 0.6 is 0 Å². The number of rotatable bonds is 5. The first-order valence-corrected chi connectivity index (χ1v) is 7.38. The summed E-state index contributed by atoms with van der Waals surface area (Å²) in [6.45, 7) is 7.31. The Morgan fingerprint density at radius 3 is 2.85 bits per heavy atom. The zero-order valence-corrected chi connectivity index (χ0v) is 12.4. The first-order chi connectivity index (χ1) is 9.65. The SMILES string of the molecule is Cc1ccnc(-n2ncc(CNC(C)C)c2C2CC2)c1. The van der Waals surface area contributed by atoms with Crippen LogP contribution in [0.1, 0.15) is 49.4 Å². The summed E-state index contributed by atoms with van der Waals surface area (Å²) in [5, 5.41) is 8.07. The summed E-state index contributed by atoms with van der Waals surface area (Å²) >= 11 is 0. The minimum atomic E-state index is 0.488. The lowest BCUT2D eigenvalue weighted by atomic mass is 10.1. The number of pyridine rings is 1. The van der Waals surface area contributed by atoms with E-state index < -0.39 is 0 Å². The van der Waals surface area contributed by atoms with E-state index in [2.05, 4.69) is 42.2 Å². The van der Waals surface area contributed by atoms with E-state index >= 15 is 0 Å². The summed E-state index contributed by atoms with van der Waals surface area (Å²) in [5.74, 6) is 1.59. The fraction of sp³-hybridized carbons (Fsp3) is 0.500.